The number of rotatable bonds is 5. The normalized spacial score (nSPS) is 17.9. The summed E-state index contributed by atoms with van der Waals surface area (Å²) in [6, 6.07) is 5.88. The van der Waals surface area contributed by atoms with E-state index in [-0.39, 0.29) is 6.04 Å². The molecule has 0 radical (unpaired) electrons. The third-order valence-electron chi connectivity index (χ3n) is 4.50. The van der Waals surface area contributed by atoms with Crippen molar-refractivity contribution >= 4 is 27.5 Å². The van der Waals surface area contributed by atoms with E-state index >= 15 is 0 Å². The summed E-state index contributed by atoms with van der Waals surface area (Å²) in [5, 5.41) is 16.2. The van der Waals surface area contributed by atoms with Crippen LogP contribution >= 0.6 is 11.3 Å². The van der Waals surface area contributed by atoms with Gasteiger partial charge in [-0.2, -0.15) is 0 Å². The second-order valence-electron chi connectivity index (χ2n) is 6.24. The molecule has 2 N–H and O–H groups in total. The predicted octanol–water partition coefficient (Wildman–Crippen LogP) is 2.58. The molecule has 2 unspecified atom stereocenters. The zero-order valence-electron chi connectivity index (χ0n) is 14.5. The molecule has 3 aromatic heterocycles. The van der Waals surface area contributed by atoms with Gasteiger partial charge in [0.1, 0.15) is 5.69 Å². The smallest absolute Gasteiger partial charge is 0.224 e. The number of aliphatic hydroxyl groups is 1. The molecule has 7 nitrogen and oxygen atoms in total. The molecule has 2 atom stereocenters. The molecular formula is C18H21N5O2S. The van der Waals surface area contributed by atoms with Gasteiger partial charge in [0, 0.05) is 25.5 Å². The lowest BCUT2D eigenvalue weighted by atomic mass is 10.1. The number of fused-ring (bicyclic) bond motifs is 1. The summed E-state index contributed by atoms with van der Waals surface area (Å²) in [7, 11) is 0. The van der Waals surface area contributed by atoms with Crippen LogP contribution in [0, 0.1) is 0 Å². The van der Waals surface area contributed by atoms with Crippen LogP contribution in [0.3, 0.4) is 0 Å². The van der Waals surface area contributed by atoms with Crippen LogP contribution in [-0.2, 0) is 4.74 Å². The third kappa shape index (κ3) is 3.54. The van der Waals surface area contributed by atoms with Gasteiger partial charge in [0.2, 0.25) is 5.95 Å². The number of nitrogens with one attached hydrogen (secondary N) is 1. The third-order valence-corrected chi connectivity index (χ3v) is 5.42. The summed E-state index contributed by atoms with van der Waals surface area (Å²) < 4.78 is 6.30. The van der Waals surface area contributed by atoms with Crippen LogP contribution in [0.2, 0.25) is 0 Å². The molecule has 4 heterocycles. The molecule has 1 aliphatic rings. The maximum atomic E-state index is 10.9. The summed E-state index contributed by atoms with van der Waals surface area (Å²) in [4.78, 5) is 15.4. The van der Waals surface area contributed by atoms with Crippen molar-refractivity contribution in [3.8, 4) is 0 Å². The number of morpholine rings is 1. The average molecular weight is 371 g/mol. The number of thiophene rings is 1. The van der Waals surface area contributed by atoms with Crippen LogP contribution in [-0.4, -0.2) is 51.3 Å². The zero-order chi connectivity index (χ0) is 17.9. The van der Waals surface area contributed by atoms with Crippen LogP contribution in [0.5, 0.6) is 0 Å². The van der Waals surface area contributed by atoms with Crippen molar-refractivity contribution in [1.82, 2.24) is 19.9 Å². The number of aromatic nitrogens is 3. The molecule has 26 heavy (non-hydrogen) atoms. The minimum atomic E-state index is -0.766. The molecule has 4 rings (SSSR count). The summed E-state index contributed by atoms with van der Waals surface area (Å²) in [6.45, 7) is 4.66. The van der Waals surface area contributed by atoms with Gasteiger partial charge < -0.3 is 15.2 Å². The van der Waals surface area contributed by atoms with E-state index in [2.05, 4.69) is 20.3 Å². The van der Waals surface area contributed by atoms with Crippen LogP contribution < -0.4 is 5.32 Å². The van der Waals surface area contributed by atoms with E-state index in [9.17, 15) is 5.11 Å². The van der Waals surface area contributed by atoms with Crippen molar-refractivity contribution in [1.29, 1.82) is 0 Å². The van der Waals surface area contributed by atoms with Crippen molar-refractivity contribution in [3.63, 3.8) is 0 Å². The number of nitrogens with zero attached hydrogens (tertiary/aromatic N) is 4. The molecule has 0 amide bonds. The fraction of sp³-hybridized carbons (Fsp3) is 0.389. The van der Waals surface area contributed by atoms with E-state index in [0.29, 0.717) is 37.9 Å². The number of aliphatic hydroxyl groups excluding tert-OH is 1. The van der Waals surface area contributed by atoms with Gasteiger partial charge in [-0.25, -0.2) is 9.97 Å². The van der Waals surface area contributed by atoms with E-state index < -0.39 is 6.23 Å². The monoisotopic (exact) mass is 371 g/mol. The lowest BCUT2D eigenvalue weighted by Gasteiger charge is -2.31. The molecule has 0 aromatic carbocycles. The molecule has 0 saturated carbocycles. The first-order valence-electron chi connectivity index (χ1n) is 8.64. The van der Waals surface area contributed by atoms with Crippen LogP contribution in [0.1, 0.15) is 30.5 Å². The van der Waals surface area contributed by atoms with Gasteiger partial charge in [-0.05, 0) is 30.0 Å². The van der Waals surface area contributed by atoms with Crippen molar-refractivity contribution in [2.45, 2.75) is 19.2 Å². The van der Waals surface area contributed by atoms with E-state index in [4.69, 9.17) is 4.74 Å². The fourth-order valence-electron chi connectivity index (χ4n) is 3.03. The molecule has 1 saturated heterocycles. The van der Waals surface area contributed by atoms with Gasteiger partial charge in [0.05, 0.1) is 29.5 Å². The highest BCUT2D eigenvalue weighted by atomic mass is 32.1. The lowest BCUT2D eigenvalue weighted by Crippen LogP contribution is -2.39. The second-order valence-corrected chi connectivity index (χ2v) is 7.16. The highest BCUT2D eigenvalue weighted by Crippen LogP contribution is 2.30. The first-order chi connectivity index (χ1) is 12.7. The number of hydrogen-bond acceptors (Lipinski definition) is 8. The number of hydrogen-bond donors (Lipinski definition) is 2. The van der Waals surface area contributed by atoms with Crippen LogP contribution in [0.25, 0.3) is 10.2 Å². The number of ether oxygens (including phenoxy) is 1. The summed E-state index contributed by atoms with van der Waals surface area (Å²) in [6.07, 6.45) is 2.81. The quantitative estimate of drug-likeness (QED) is 0.713. The van der Waals surface area contributed by atoms with Crippen molar-refractivity contribution in [2.75, 3.05) is 31.6 Å². The first-order valence-corrected chi connectivity index (χ1v) is 9.52. The highest BCUT2D eigenvalue weighted by molar-refractivity contribution is 7.17. The molecule has 0 bridgehead atoms. The zero-order valence-corrected chi connectivity index (χ0v) is 15.3. The van der Waals surface area contributed by atoms with Gasteiger partial charge in [-0.1, -0.05) is 6.07 Å². The molecule has 1 aliphatic heterocycles. The Morgan fingerprint density at radius 3 is 2.88 bits per heavy atom. The van der Waals surface area contributed by atoms with Crippen LogP contribution in [0.4, 0.5) is 5.95 Å². The van der Waals surface area contributed by atoms with Gasteiger partial charge in [-0.15, -0.1) is 11.3 Å². The van der Waals surface area contributed by atoms with Crippen molar-refractivity contribution in [3.05, 3.63) is 47.2 Å². The Morgan fingerprint density at radius 1 is 1.27 bits per heavy atom. The van der Waals surface area contributed by atoms with Gasteiger partial charge in [-0.3, -0.25) is 9.88 Å². The molecular weight excluding hydrogens is 350 g/mol. The largest absolute Gasteiger partial charge is 0.379 e. The van der Waals surface area contributed by atoms with E-state index in [1.807, 2.05) is 41.6 Å². The predicted molar refractivity (Wildman–Crippen MR) is 101 cm³/mol. The Balaban J connectivity index is 1.64. The number of pyridine rings is 1. The fourth-order valence-corrected chi connectivity index (χ4v) is 3.87. The molecule has 0 spiro atoms. The Hall–Kier alpha value is -2.13. The maximum Gasteiger partial charge on any atom is 0.224 e. The van der Waals surface area contributed by atoms with Crippen molar-refractivity contribution in [2.24, 2.45) is 0 Å². The van der Waals surface area contributed by atoms with Gasteiger partial charge in [0.25, 0.3) is 0 Å². The molecule has 0 aliphatic carbocycles. The highest BCUT2D eigenvalue weighted by Gasteiger charge is 2.25. The Bertz CT molecular complexity index is 866. The van der Waals surface area contributed by atoms with Gasteiger partial charge in [0.15, 0.2) is 6.23 Å². The molecule has 136 valence electrons. The molecule has 1 fully saturated rings. The summed E-state index contributed by atoms with van der Waals surface area (Å²) in [5.74, 6) is 0.509. The Kier molecular flexibility index (Phi) is 5.07. The minimum absolute atomic E-state index is 0.00756. The van der Waals surface area contributed by atoms with Crippen molar-refractivity contribution < 1.29 is 9.84 Å². The average Bonchev–Trinajstić information content (AvgIpc) is 3.16. The van der Waals surface area contributed by atoms with E-state index in [0.717, 1.165) is 15.8 Å². The van der Waals surface area contributed by atoms with E-state index in [1.54, 1.807) is 17.5 Å². The Labute approximate surface area is 155 Å². The second kappa shape index (κ2) is 7.63. The topological polar surface area (TPSA) is 83.4 Å². The minimum Gasteiger partial charge on any atom is -0.379 e. The molecule has 8 heteroatoms. The maximum absolute atomic E-state index is 10.9. The van der Waals surface area contributed by atoms with E-state index in [1.165, 1.54) is 0 Å². The lowest BCUT2D eigenvalue weighted by molar-refractivity contribution is -0.0614. The van der Waals surface area contributed by atoms with Gasteiger partial charge >= 0.3 is 0 Å². The SMILES string of the molecule is CC(Nc1nc(C(O)N2CCOCC2)c2sccc2n1)c1cccnc1. The summed E-state index contributed by atoms with van der Waals surface area (Å²) in [5.41, 5.74) is 2.54. The standard InChI is InChI=1S/C18H21N5O2S/c1-12(13-3-2-5-19-11-13)20-18-21-14-4-10-26-16(14)15(22-18)17(24)23-6-8-25-9-7-23/h2-5,10-12,17,24H,6-9H2,1H3,(H,20,21,22). The first kappa shape index (κ1) is 17.3. The Morgan fingerprint density at radius 2 is 2.12 bits per heavy atom. The molecule has 3 aromatic rings. The van der Waals surface area contributed by atoms with Crippen LogP contribution in [0.15, 0.2) is 36.0 Å². The summed E-state index contributed by atoms with van der Waals surface area (Å²) >= 11 is 1.55. The number of anilines is 1.